The summed E-state index contributed by atoms with van der Waals surface area (Å²) in [7, 11) is 0. The van der Waals surface area contributed by atoms with Gasteiger partial charge in [-0.25, -0.2) is 4.42 Å². The van der Waals surface area contributed by atoms with Crippen LogP contribution >= 0.6 is 0 Å². The van der Waals surface area contributed by atoms with E-state index >= 15 is 0 Å². The Morgan fingerprint density at radius 2 is 1.47 bits per heavy atom. The lowest BCUT2D eigenvalue weighted by Crippen LogP contribution is -1.78. The van der Waals surface area contributed by atoms with Crippen LogP contribution in [-0.4, -0.2) is 13.5 Å². The van der Waals surface area contributed by atoms with Crippen LogP contribution in [0.1, 0.15) is 7.43 Å². The summed E-state index contributed by atoms with van der Waals surface area (Å²) in [6, 6.07) is 18.8. The second-order valence-corrected chi connectivity index (χ2v) is 3.88. The predicted octanol–water partition coefficient (Wildman–Crippen LogP) is 4.34. The molecule has 3 rings (SSSR count). The fourth-order valence-electron chi connectivity index (χ4n) is 1.81. The molecule has 0 aliphatic carbocycles. The van der Waals surface area contributed by atoms with Crippen LogP contribution in [0.5, 0.6) is 5.75 Å². The molecule has 1 aromatic heterocycles. The number of rotatable bonds is 1. The summed E-state index contributed by atoms with van der Waals surface area (Å²) >= 11 is 0. The highest BCUT2D eigenvalue weighted by Crippen LogP contribution is 2.25. The molecule has 0 fully saturated rings. The zero-order chi connectivity index (χ0) is 11.7. The van der Waals surface area contributed by atoms with Crippen molar-refractivity contribution in [1.29, 1.82) is 0 Å². The Labute approximate surface area is 114 Å². The minimum atomic E-state index is 0. The Kier molecular flexibility index (Phi) is 4.70. The van der Waals surface area contributed by atoms with Gasteiger partial charge in [-0.3, -0.25) is 0 Å². The van der Waals surface area contributed by atoms with Crippen LogP contribution in [0.3, 0.4) is 0 Å². The van der Waals surface area contributed by atoms with Crippen LogP contribution in [0, 0.1) is 0 Å². The highest BCUT2D eigenvalue weighted by atomic mass is 16.3. The first-order valence-electron chi connectivity index (χ1n) is 5.44. The summed E-state index contributed by atoms with van der Waals surface area (Å²) in [5, 5.41) is 10.3. The molecule has 0 saturated carbocycles. The Morgan fingerprint density at radius 1 is 0.789 bits per heavy atom. The van der Waals surface area contributed by atoms with E-state index in [1.807, 2.05) is 48.5 Å². The first kappa shape index (κ1) is 14.8. The summed E-state index contributed by atoms with van der Waals surface area (Å²) in [6.45, 7) is 0. The van der Waals surface area contributed by atoms with Gasteiger partial charge >= 0.3 is 11.3 Å². The predicted molar refractivity (Wildman–Crippen MR) is 80.2 cm³/mol. The number of phenols is 1. The second kappa shape index (κ2) is 6.05. The van der Waals surface area contributed by atoms with Gasteiger partial charge in [-0.05, 0) is 36.4 Å². The molecule has 19 heavy (non-hydrogen) atoms. The maximum atomic E-state index is 9.24. The van der Waals surface area contributed by atoms with Crippen LogP contribution in [0.25, 0.3) is 22.3 Å². The third-order valence-electron chi connectivity index (χ3n) is 2.71. The SMILES string of the molecule is C.Oc1ccc(-c2ccc3ccccc3[o+]2)cc1.[B]. The Bertz CT molecular complexity index is 663. The highest BCUT2D eigenvalue weighted by molar-refractivity contribution is 5.78. The molecule has 1 N–H and O–H groups in total. The maximum Gasteiger partial charge on any atom is 0.360 e. The van der Waals surface area contributed by atoms with Gasteiger partial charge < -0.3 is 5.11 Å². The molecular weight excluding hydrogens is 235 g/mol. The molecule has 1 heterocycles. The molecule has 0 saturated heterocycles. The van der Waals surface area contributed by atoms with Gasteiger partial charge in [0.1, 0.15) is 5.75 Å². The average Bonchev–Trinajstić information content (AvgIpc) is 2.39. The fraction of sp³-hybridized carbons (Fsp3) is 0.0625. The molecule has 2 aromatic carbocycles. The van der Waals surface area contributed by atoms with Gasteiger partial charge in [0.05, 0.1) is 10.9 Å². The number of benzene rings is 2. The molecule has 3 aromatic rings. The summed E-state index contributed by atoms with van der Waals surface area (Å²) in [5.74, 6) is 1.05. The van der Waals surface area contributed by atoms with E-state index in [1.165, 1.54) is 0 Å². The fourth-order valence-corrected chi connectivity index (χ4v) is 1.81. The first-order chi connectivity index (χ1) is 8.33. The van der Waals surface area contributed by atoms with Crippen molar-refractivity contribution < 1.29 is 9.52 Å². The first-order valence-corrected chi connectivity index (χ1v) is 5.44. The van der Waals surface area contributed by atoms with Crippen LogP contribution in [0.4, 0.5) is 0 Å². The van der Waals surface area contributed by atoms with Gasteiger partial charge in [0.15, 0.2) is 0 Å². The summed E-state index contributed by atoms with van der Waals surface area (Å²) in [4.78, 5) is 0. The zero-order valence-corrected chi connectivity index (χ0v) is 9.71. The number of hydrogen-bond donors (Lipinski definition) is 1. The van der Waals surface area contributed by atoms with E-state index in [0.717, 1.165) is 22.3 Å². The van der Waals surface area contributed by atoms with Gasteiger partial charge in [0, 0.05) is 20.5 Å². The topological polar surface area (TPSA) is 31.5 Å². The van der Waals surface area contributed by atoms with Crippen molar-refractivity contribution >= 4 is 19.4 Å². The van der Waals surface area contributed by atoms with Crippen molar-refractivity contribution in [3.8, 4) is 17.1 Å². The summed E-state index contributed by atoms with van der Waals surface area (Å²) in [5.41, 5.74) is 1.81. The quantitative estimate of drug-likeness (QED) is 0.514. The molecule has 0 aliphatic rings. The van der Waals surface area contributed by atoms with Crippen molar-refractivity contribution in [3.63, 3.8) is 0 Å². The molecular formula is C16H15BO2+. The average molecular weight is 250 g/mol. The molecule has 2 nitrogen and oxygen atoms in total. The molecule has 3 heteroatoms. The molecule has 0 amide bonds. The van der Waals surface area contributed by atoms with E-state index in [9.17, 15) is 5.11 Å². The molecule has 3 radical (unpaired) electrons. The van der Waals surface area contributed by atoms with Crippen molar-refractivity contribution in [2.24, 2.45) is 0 Å². The number of aromatic hydroxyl groups is 1. The summed E-state index contributed by atoms with van der Waals surface area (Å²) in [6.07, 6.45) is 0. The lowest BCUT2D eigenvalue weighted by Gasteiger charge is -1.94. The van der Waals surface area contributed by atoms with Crippen LogP contribution in [-0.2, 0) is 0 Å². The molecule has 0 spiro atoms. The van der Waals surface area contributed by atoms with Gasteiger partial charge in [0.25, 0.3) is 0 Å². The number of phenolic OH excluding ortho intramolecular Hbond substituents is 1. The maximum absolute atomic E-state index is 9.24. The van der Waals surface area contributed by atoms with E-state index < -0.39 is 0 Å². The largest absolute Gasteiger partial charge is 0.508 e. The van der Waals surface area contributed by atoms with E-state index in [4.69, 9.17) is 4.42 Å². The molecule has 0 aliphatic heterocycles. The van der Waals surface area contributed by atoms with Gasteiger partial charge in [0.2, 0.25) is 0 Å². The monoisotopic (exact) mass is 250 g/mol. The second-order valence-electron chi connectivity index (χ2n) is 3.88. The van der Waals surface area contributed by atoms with Crippen molar-refractivity contribution in [2.45, 2.75) is 7.43 Å². The number of para-hydroxylation sites is 1. The van der Waals surface area contributed by atoms with Crippen molar-refractivity contribution in [1.82, 2.24) is 0 Å². The smallest absolute Gasteiger partial charge is 0.360 e. The van der Waals surface area contributed by atoms with Crippen LogP contribution in [0.2, 0.25) is 0 Å². The van der Waals surface area contributed by atoms with Gasteiger partial charge in [-0.15, -0.1) is 0 Å². The Morgan fingerprint density at radius 3 is 2.21 bits per heavy atom. The Balaban J connectivity index is 0.000000902. The third-order valence-corrected chi connectivity index (χ3v) is 2.71. The molecule has 93 valence electrons. The highest BCUT2D eigenvalue weighted by Gasteiger charge is 2.13. The molecule has 0 bridgehead atoms. The lowest BCUT2D eigenvalue weighted by molar-refractivity contribution is 0.475. The minimum absolute atomic E-state index is 0. The minimum Gasteiger partial charge on any atom is -0.508 e. The molecule has 0 atom stereocenters. The van der Waals surface area contributed by atoms with Crippen LogP contribution in [0.15, 0.2) is 65.1 Å². The van der Waals surface area contributed by atoms with E-state index in [2.05, 4.69) is 0 Å². The van der Waals surface area contributed by atoms with Gasteiger partial charge in [-0.1, -0.05) is 19.6 Å². The Hall–Kier alpha value is -2.29. The van der Waals surface area contributed by atoms with E-state index in [1.54, 1.807) is 12.1 Å². The number of hydrogen-bond acceptors (Lipinski definition) is 1. The third kappa shape index (κ3) is 2.94. The lowest BCUT2D eigenvalue weighted by atomic mass is 10.1. The van der Waals surface area contributed by atoms with Crippen molar-refractivity contribution in [2.75, 3.05) is 0 Å². The van der Waals surface area contributed by atoms with Gasteiger partial charge in [-0.2, -0.15) is 0 Å². The zero-order valence-electron chi connectivity index (χ0n) is 9.71. The van der Waals surface area contributed by atoms with E-state index in [0.29, 0.717) is 0 Å². The van der Waals surface area contributed by atoms with E-state index in [-0.39, 0.29) is 21.6 Å². The molecule has 0 unspecified atom stereocenters. The standard InChI is InChI=1S/C15H10O2.CH4.B/c16-13-8-5-12(6-9-13)15-10-7-11-3-1-2-4-14(11)17-15;;/h1-10H;1H4;/p+1. The van der Waals surface area contributed by atoms with Crippen molar-refractivity contribution in [3.05, 3.63) is 60.7 Å². The number of fused-ring (bicyclic) bond motifs is 1. The normalized spacial score (nSPS) is 9.47. The van der Waals surface area contributed by atoms with Crippen LogP contribution < -0.4 is 0 Å². The summed E-state index contributed by atoms with van der Waals surface area (Å²) < 4.78 is 5.81.